The van der Waals surface area contributed by atoms with E-state index in [1.807, 2.05) is 20.8 Å². The van der Waals surface area contributed by atoms with E-state index in [1.54, 1.807) is 31.2 Å². The Balaban J connectivity index is 2.20. The molecule has 1 aromatic heterocycles. The van der Waals surface area contributed by atoms with Crippen molar-refractivity contribution in [2.24, 2.45) is 0 Å². The molecule has 0 aliphatic heterocycles. The number of hydrogen-bond acceptors (Lipinski definition) is 4. The summed E-state index contributed by atoms with van der Waals surface area (Å²) in [5.74, 6) is 0.0615. The lowest BCUT2D eigenvalue weighted by Gasteiger charge is -2.19. The second-order valence-corrected chi connectivity index (χ2v) is 7.05. The van der Waals surface area contributed by atoms with E-state index in [0.29, 0.717) is 22.8 Å². The molecule has 0 aliphatic rings. The zero-order chi connectivity index (χ0) is 18.8. The second-order valence-electron chi connectivity index (χ2n) is 7.05. The Morgan fingerprint density at radius 1 is 1.20 bits per heavy atom. The summed E-state index contributed by atoms with van der Waals surface area (Å²) in [6, 6.07) is 8.15. The van der Waals surface area contributed by atoms with Crippen LogP contribution in [-0.4, -0.2) is 21.2 Å². The Morgan fingerprint density at radius 2 is 1.88 bits per heavy atom. The molecule has 0 fully saturated rings. The normalized spacial score (nSPS) is 11.2. The number of hydrogen-bond donors (Lipinski definition) is 1. The smallest absolute Gasteiger partial charge is 0.254 e. The van der Waals surface area contributed by atoms with Gasteiger partial charge in [-0.1, -0.05) is 32.9 Å². The van der Waals surface area contributed by atoms with Crippen molar-refractivity contribution in [3.8, 4) is 0 Å². The lowest BCUT2D eigenvalue weighted by molar-refractivity contribution is -0.116. The molecular formula is C19H23N3O3. The van der Waals surface area contributed by atoms with Gasteiger partial charge in [-0.15, -0.1) is 0 Å². The van der Waals surface area contributed by atoms with E-state index in [9.17, 15) is 14.4 Å². The minimum Gasteiger partial charge on any atom is -0.325 e. The Hall–Kier alpha value is -2.76. The van der Waals surface area contributed by atoms with Gasteiger partial charge in [0, 0.05) is 22.7 Å². The molecule has 0 saturated heterocycles. The number of rotatable bonds is 4. The minimum atomic E-state index is -0.351. The number of anilines is 1. The zero-order valence-electron chi connectivity index (χ0n) is 15.2. The van der Waals surface area contributed by atoms with Gasteiger partial charge in [0.25, 0.3) is 5.56 Å². The monoisotopic (exact) mass is 341 g/mol. The van der Waals surface area contributed by atoms with Crippen LogP contribution in [0, 0.1) is 6.92 Å². The number of ketones is 1. The van der Waals surface area contributed by atoms with Crippen molar-refractivity contribution in [2.45, 2.75) is 46.6 Å². The third kappa shape index (κ3) is 4.62. The highest BCUT2D eigenvalue weighted by atomic mass is 16.2. The Labute approximate surface area is 146 Å². The van der Waals surface area contributed by atoms with Crippen molar-refractivity contribution >= 4 is 17.4 Å². The van der Waals surface area contributed by atoms with Crippen LogP contribution in [0.15, 0.2) is 35.1 Å². The van der Waals surface area contributed by atoms with Crippen molar-refractivity contribution in [2.75, 3.05) is 5.32 Å². The molecule has 6 nitrogen and oxygen atoms in total. The maximum Gasteiger partial charge on any atom is 0.254 e. The highest BCUT2D eigenvalue weighted by Gasteiger charge is 2.18. The minimum absolute atomic E-state index is 0.0786. The van der Waals surface area contributed by atoms with Crippen molar-refractivity contribution in [1.29, 1.82) is 0 Å². The first kappa shape index (κ1) is 18.6. The molecule has 0 saturated carbocycles. The third-order valence-corrected chi connectivity index (χ3v) is 3.82. The first-order valence-electron chi connectivity index (χ1n) is 8.08. The third-order valence-electron chi connectivity index (χ3n) is 3.82. The van der Waals surface area contributed by atoms with Crippen LogP contribution in [0.3, 0.4) is 0 Å². The van der Waals surface area contributed by atoms with Crippen LogP contribution in [0.25, 0.3) is 0 Å². The number of carbonyl (C=O) groups is 2. The molecule has 0 unspecified atom stereocenters. The van der Waals surface area contributed by atoms with Crippen LogP contribution < -0.4 is 10.9 Å². The van der Waals surface area contributed by atoms with Gasteiger partial charge in [0.05, 0.1) is 5.69 Å². The topological polar surface area (TPSA) is 81.1 Å². The summed E-state index contributed by atoms with van der Waals surface area (Å²) in [4.78, 5) is 40.5. The standard InChI is InChI=1S/C19H23N3O3/c1-12(23)14-7-6-8-15(9-14)21-17(24)11-22-13(2)20-16(10-18(22)25)19(3,4)5/h6-10H,11H2,1-5H3,(H,21,24). The molecule has 0 spiro atoms. The lowest BCUT2D eigenvalue weighted by Crippen LogP contribution is -2.32. The van der Waals surface area contributed by atoms with Crippen LogP contribution in [0.1, 0.15) is 49.6 Å². The van der Waals surface area contributed by atoms with E-state index in [4.69, 9.17) is 0 Å². The fourth-order valence-electron chi connectivity index (χ4n) is 2.36. The van der Waals surface area contributed by atoms with Crippen molar-refractivity contribution < 1.29 is 9.59 Å². The average Bonchev–Trinajstić information content (AvgIpc) is 2.50. The van der Waals surface area contributed by atoms with Crippen LogP contribution in [0.2, 0.25) is 0 Å². The van der Waals surface area contributed by atoms with E-state index in [1.165, 1.54) is 17.6 Å². The molecule has 132 valence electrons. The van der Waals surface area contributed by atoms with E-state index >= 15 is 0 Å². The highest BCUT2D eigenvalue weighted by molar-refractivity contribution is 5.97. The molecular weight excluding hydrogens is 318 g/mol. The Kier molecular flexibility index (Phi) is 5.21. The summed E-state index contributed by atoms with van der Waals surface area (Å²) in [5, 5.41) is 2.71. The van der Waals surface area contributed by atoms with Gasteiger partial charge < -0.3 is 5.32 Å². The molecule has 2 aromatic rings. The van der Waals surface area contributed by atoms with Gasteiger partial charge in [-0.25, -0.2) is 4.98 Å². The molecule has 1 amide bonds. The quantitative estimate of drug-likeness (QED) is 0.867. The van der Waals surface area contributed by atoms with Gasteiger partial charge in [-0.05, 0) is 26.0 Å². The van der Waals surface area contributed by atoms with Crippen LogP contribution in [-0.2, 0) is 16.8 Å². The highest BCUT2D eigenvalue weighted by Crippen LogP contribution is 2.18. The zero-order valence-corrected chi connectivity index (χ0v) is 15.2. The molecule has 6 heteroatoms. The maximum absolute atomic E-state index is 12.3. The van der Waals surface area contributed by atoms with E-state index in [0.717, 1.165) is 0 Å². The second kappa shape index (κ2) is 7.01. The van der Waals surface area contributed by atoms with Gasteiger partial charge in [-0.2, -0.15) is 0 Å². The maximum atomic E-state index is 12.3. The van der Waals surface area contributed by atoms with Crippen molar-refractivity contribution in [3.05, 3.63) is 57.8 Å². The molecule has 0 radical (unpaired) electrons. The van der Waals surface area contributed by atoms with Crippen LogP contribution in [0.4, 0.5) is 5.69 Å². The van der Waals surface area contributed by atoms with Gasteiger partial charge in [0.15, 0.2) is 5.78 Å². The first-order chi connectivity index (χ1) is 11.6. The molecule has 2 rings (SSSR count). The lowest BCUT2D eigenvalue weighted by atomic mass is 9.92. The summed E-state index contributed by atoms with van der Waals surface area (Å²) < 4.78 is 1.33. The number of carbonyl (C=O) groups excluding carboxylic acids is 2. The predicted octanol–water partition coefficient (Wildman–Crippen LogP) is 2.69. The molecule has 1 N–H and O–H groups in total. The molecule has 25 heavy (non-hydrogen) atoms. The molecule has 0 aliphatic carbocycles. The van der Waals surface area contributed by atoms with Gasteiger partial charge in [0.2, 0.25) is 5.91 Å². The van der Waals surface area contributed by atoms with Crippen LogP contribution in [0.5, 0.6) is 0 Å². The fraction of sp³-hybridized carbons (Fsp3) is 0.368. The number of nitrogens with zero attached hydrogens (tertiary/aromatic N) is 2. The average molecular weight is 341 g/mol. The summed E-state index contributed by atoms with van der Waals surface area (Å²) in [6.07, 6.45) is 0. The fourth-order valence-corrected chi connectivity index (χ4v) is 2.36. The van der Waals surface area contributed by atoms with Crippen molar-refractivity contribution in [1.82, 2.24) is 9.55 Å². The number of nitrogens with one attached hydrogen (secondary N) is 1. The number of amides is 1. The van der Waals surface area contributed by atoms with E-state index < -0.39 is 0 Å². The molecule has 0 atom stereocenters. The number of Topliss-reactive ketones (excluding diaryl/α,β-unsaturated/α-hetero) is 1. The predicted molar refractivity (Wildman–Crippen MR) is 97.0 cm³/mol. The van der Waals surface area contributed by atoms with Gasteiger partial charge in [0.1, 0.15) is 12.4 Å². The number of aryl methyl sites for hydroxylation is 1. The van der Waals surface area contributed by atoms with E-state index in [-0.39, 0.29) is 29.2 Å². The number of aromatic nitrogens is 2. The summed E-state index contributed by atoms with van der Waals surface area (Å²) in [7, 11) is 0. The Bertz CT molecular complexity index is 876. The van der Waals surface area contributed by atoms with Gasteiger partial charge >= 0.3 is 0 Å². The summed E-state index contributed by atoms with van der Waals surface area (Å²) in [6.45, 7) is 8.98. The summed E-state index contributed by atoms with van der Waals surface area (Å²) >= 11 is 0. The molecule has 0 bridgehead atoms. The first-order valence-corrected chi connectivity index (χ1v) is 8.08. The molecule has 1 aromatic carbocycles. The molecule has 1 heterocycles. The van der Waals surface area contributed by atoms with Crippen molar-refractivity contribution in [3.63, 3.8) is 0 Å². The van der Waals surface area contributed by atoms with E-state index in [2.05, 4.69) is 10.3 Å². The van der Waals surface area contributed by atoms with Crippen LogP contribution >= 0.6 is 0 Å². The summed E-state index contributed by atoms with van der Waals surface area (Å²) in [5.41, 5.74) is 1.23. The number of benzene rings is 1. The Morgan fingerprint density at radius 3 is 2.44 bits per heavy atom. The SMILES string of the molecule is CC(=O)c1cccc(NC(=O)Cn2c(C)nc(C(C)(C)C)cc2=O)c1. The van der Waals surface area contributed by atoms with Gasteiger partial charge in [-0.3, -0.25) is 19.0 Å². The largest absolute Gasteiger partial charge is 0.325 e.